The van der Waals surface area contributed by atoms with E-state index < -0.39 is 0 Å². The van der Waals surface area contributed by atoms with Crippen molar-refractivity contribution in [1.82, 2.24) is 0 Å². The van der Waals surface area contributed by atoms with Crippen molar-refractivity contribution in [2.24, 2.45) is 5.92 Å². The molecule has 1 N–H and O–H groups in total. The van der Waals surface area contributed by atoms with Crippen molar-refractivity contribution in [3.8, 4) is 0 Å². The van der Waals surface area contributed by atoms with Crippen LogP contribution in [0.15, 0.2) is 0 Å². The number of amides is 1. The van der Waals surface area contributed by atoms with Crippen molar-refractivity contribution >= 4 is 22.2 Å². The molecule has 0 spiro atoms. The van der Waals surface area contributed by atoms with Crippen LogP contribution in [0.2, 0.25) is 0 Å². The van der Waals surface area contributed by atoms with E-state index in [2.05, 4.69) is 12.2 Å². The molecule has 1 heterocycles. The molecular formula is C13H17NOS. The second-order valence-corrected chi connectivity index (χ2v) is 6.03. The van der Waals surface area contributed by atoms with Crippen LogP contribution in [0, 0.1) is 12.8 Å². The standard InChI is InChI=1S/C13H17NOS/c1-8-10-4-2-3-5-11(10)16-13(8)14-12(15)9-6-7-9/h9H,2-7H2,1H3,(H,14,15). The zero-order chi connectivity index (χ0) is 11.1. The second-order valence-electron chi connectivity index (χ2n) is 4.93. The van der Waals surface area contributed by atoms with Crippen LogP contribution in [-0.2, 0) is 17.6 Å². The third-order valence-corrected chi connectivity index (χ3v) is 4.93. The molecule has 0 radical (unpaired) electrons. The molecule has 0 unspecified atom stereocenters. The minimum Gasteiger partial charge on any atom is -0.317 e. The van der Waals surface area contributed by atoms with Crippen LogP contribution in [0.5, 0.6) is 0 Å². The number of carbonyl (C=O) groups is 1. The Balaban J connectivity index is 1.83. The van der Waals surface area contributed by atoms with Crippen molar-refractivity contribution in [2.75, 3.05) is 5.32 Å². The van der Waals surface area contributed by atoms with Crippen molar-refractivity contribution < 1.29 is 4.79 Å². The SMILES string of the molecule is Cc1c(NC(=O)C2CC2)sc2c1CCCC2. The van der Waals surface area contributed by atoms with Crippen LogP contribution in [-0.4, -0.2) is 5.91 Å². The first kappa shape index (κ1) is 10.3. The van der Waals surface area contributed by atoms with Gasteiger partial charge in [0.05, 0.1) is 5.00 Å². The first-order chi connectivity index (χ1) is 7.75. The molecule has 0 saturated heterocycles. The number of rotatable bonds is 2. The second kappa shape index (κ2) is 3.88. The molecule has 1 fully saturated rings. The molecule has 0 atom stereocenters. The maximum absolute atomic E-state index is 11.7. The molecule has 2 aliphatic carbocycles. The molecule has 86 valence electrons. The minimum atomic E-state index is 0.238. The van der Waals surface area contributed by atoms with E-state index >= 15 is 0 Å². The van der Waals surface area contributed by atoms with Gasteiger partial charge in [-0.1, -0.05) is 0 Å². The smallest absolute Gasteiger partial charge is 0.228 e. The van der Waals surface area contributed by atoms with Crippen LogP contribution in [0.1, 0.15) is 41.7 Å². The summed E-state index contributed by atoms with van der Waals surface area (Å²) < 4.78 is 0. The van der Waals surface area contributed by atoms with Crippen LogP contribution >= 0.6 is 11.3 Å². The highest BCUT2D eigenvalue weighted by atomic mass is 32.1. The van der Waals surface area contributed by atoms with Crippen molar-refractivity contribution in [2.45, 2.75) is 45.4 Å². The first-order valence-electron chi connectivity index (χ1n) is 6.17. The fourth-order valence-corrected chi connectivity index (χ4v) is 3.70. The van der Waals surface area contributed by atoms with E-state index in [4.69, 9.17) is 0 Å². The number of nitrogens with one attached hydrogen (secondary N) is 1. The topological polar surface area (TPSA) is 29.1 Å². The Hall–Kier alpha value is -0.830. The van der Waals surface area contributed by atoms with Gasteiger partial charge in [0.2, 0.25) is 5.91 Å². The Morgan fingerprint density at radius 3 is 2.75 bits per heavy atom. The highest BCUT2D eigenvalue weighted by Gasteiger charge is 2.30. The third kappa shape index (κ3) is 1.77. The number of hydrogen-bond acceptors (Lipinski definition) is 2. The van der Waals surface area contributed by atoms with Gasteiger partial charge in [0.1, 0.15) is 0 Å². The van der Waals surface area contributed by atoms with Gasteiger partial charge < -0.3 is 5.32 Å². The summed E-state index contributed by atoms with van der Waals surface area (Å²) in [5, 5.41) is 4.22. The predicted molar refractivity (Wildman–Crippen MR) is 67.1 cm³/mol. The van der Waals surface area contributed by atoms with E-state index in [1.165, 1.54) is 41.7 Å². The number of hydrogen-bond donors (Lipinski definition) is 1. The summed E-state index contributed by atoms with van der Waals surface area (Å²) in [5.41, 5.74) is 2.84. The average molecular weight is 235 g/mol. The van der Waals surface area contributed by atoms with E-state index in [1.54, 1.807) is 11.3 Å². The maximum Gasteiger partial charge on any atom is 0.228 e. The fraction of sp³-hybridized carbons (Fsp3) is 0.615. The Morgan fingerprint density at radius 2 is 2.06 bits per heavy atom. The number of anilines is 1. The lowest BCUT2D eigenvalue weighted by Crippen LogP contribution is -2.12. The molecule has 2 nitrogen and oxygen atoms in total. The third-order valence-electron chi connectivity index (χ3n) is 3.62. The molecule has 0 bridgehead atoms. The number of carbonyl (C=O) groups excluding carboxylic acids is 1. The predicted octanol–water partition coefficient (Wildman–Crippen LogP) is 3.28. The van der Waals surface area contributed by atoms with E-state index in [9.17, 15) is 4.79 Å². The molecule has 16 heavy (non-hydrogen) atoms. The zero-order valence-corrected chi connectivity index (χ0v) is 10.5. The van der Waals surface area contributed by atoms with E-state index in [0.717, 1.165) is 17.8 Å². The maximum atomic E-state index is 11.7. The Kier molecular flexibility index (Phi) is 2.51. The summed E-state index contributed by atoms with van der Waals surface area (Å²) in [7, 11) is 0. The van der Waals surface area contributed by atoms with Gasteiger partial charge in [-0.2, -0.15) is 0 Å². The van der Waals surface area contributed by atoms with E-state index in [1.807, 2.05) is 0 Å². The zero-order valence-electron chi connectivity index (χ0n) is 9.64. The molecule has 1 amide bonds. The van der Waals surface area contributed by atoms with Gasteiger partial charge in [-0.15, -0.1) is 11.3 Å². The van der Waals surface area contributed by atoms with Gasteiger partial charge in [-0.25, -0.2) is 0 Å². The summed E-state index contributed by atoms with van der Waals surface area (Å²) in [4.78, 5) is 13.2. The Labute approximate surface area is 100 Å². The Morgan fingerprint density at radius 1 is 1.31 bits per heavy atom. The van der Waals surface area contributed by atoms with Gasteiger partial charge in [0.25, 0.3) is 0 Å². The lowest BCUT2D eigenvalue weighted by Gasteiger charge is -2.10. The number of fused-ring (bicyclic) bond motifs is 1. The van der Waals surface area contributed by atoms with Crippen LogP contribution in [0.25, 0.3) is 0 Å². The average Bonchev–Trinajstić information content (AvgIpc) is 3.08. The molecule has 1 aromatic heterocycles. The number of aryl methyl sites for hydroxylation is 1. The molecule has 0 aliphatic heterocycles. The van der Waals surface area contributed by atoms with Crippen molar-refractivity contribution in [3.05, 3.63) is 16.0 Å². The van der Waals surface area contributed by atoms with Crippen molar-refractivity contribution in [3.63, 3.8) is 0 Å². The summed E-state index contributed by atoms with van der Waals surface area (Å²) in [6, 6.07) is 0. The quantitative estimate of drug-likeness (QED) is 0.837. The molecule has 2 aliphatic rings. The molecule has 1 aromatic rings. The first-order valence-corrected chi connectivity index (χ1v) is 6.99. The summed E-state index contributed by atoms with van der Waals surface area (Å²) in [6.45, 7) is 2.16. The normalized spacial score (nSPS) is 19.3. The molecule has 1 saturated carbocycles. The lowest BCUT2D eigenvalue weighted by molar-refractivity contribution is -0.117. The van der Waals surface area contributed by atoms with E-state index in [0.29, 0.717) is 5.92 Å². The van der Waals surface area contributed by atoms with Gasteiger partial charge in [-0.3, -0.25) is 4.79 Å². The summed E-state index contributed by atoms with van der Waals surface area (Å²) in [5.74, 6) is 0.542. The summed E-state index contributed by atoms with van der Waals surface area (Å²) >= 11 is 1.80. The highest BCUT2D eigenvalue weighted by Crippen LogP contribution is 2.38. The minimum absolute atomic E-state index is 0.238. The largest absolute Gasteiger partial charge is 0.317 e. The number of thiophene rings is 1. The van der Waals surface area contributed by atoms with Gasteiger partial charge in [-0.05, 0) is 56.6 Å². The van der Waals surface area contributed by atoms with Gasteiger partial charge in [0, 0.05) is 10.8 Å². The fourth-order valence-electron chi connectivity index (χ4n) is 2.40. The van der Waals surface area contributed by atoms with Gasteiger partial charge in [0.15, 0.2) is 0 Å². The van der Waals surface area contributed by atoms with Gasteiger partial charge >= 0.3 is 0 Å². The highest BCUT2D eigenvalue weighted by molar-refractivity contribution is 7.16. The van der Waals surface area contributed by atoms with Crippen LogP contribution < -0.4 is 5.32 Å². The molecule has 0 aromatic carbocycles. The molecule has 3 heteroatoms. The molecule has 3 rings (SSSR count). The monoisotopic (exact) mass is 235 g/mol. The van der Waals surface area contributed by atoms with Crippen molar-refractivity contribution in [1.29, 1.82) is 0 Å². The molecular weight excluding hydrogens is 218 g/mol. The van der Waals surface area contributed by atoms with E-state index in [-0.39, 0.29) is 5.91 Å². The van der Waals surface area contributed by atoms with Crippen LogP contribution in [0.4, 0.5) is 5.00 Å². The lowest BCUT2D eigenvalue weighted by atomic mass is 9.96. The Bertz CT molecular complexity index is 431. The van der Waals surface area contributed by atoms with Crippen LogP contribution in [0.3, 0.4) is 0 Å². The summed E-state index contributed by atoms with van der Waals surface area (Å²) in [6.07, 6.45) is 7.19.